The zero-order valence-electron chi connectivity index (χ0n) is 19.5. The van der Waals surface area contributed by atoms with Crippen molar-refractivity contribution in [2.75, 3.05) is 16.6 Å². The topological polar surface area (TPSA) is 114 Å². The first kappa shape index (κ1) is 24.5. The fourth-order valence-electron chi connectivity index (χ4n) is 3.91. The van der Waals surface area contributed by atoms with Gasteiger partial charge in [0, 0.05) is 32.5 Å². The highest BCUT2D eigenvalue weighted by Crippen LogP contribution is 2.39. The number of anilines is 3. The molecule has 3 N–H and O–H groups in total. The van der Waals surface area contributed by atoms with Crippen LogP contribution in [0.2, 0.25) is 25.7 Å². The number of nitrogens with one attached hydrogen (secondary N) is 2. The summed E-state index contributed by atoms with van der Waals surface area (Å²) >= 11 is -2.31. The Morgan fingerprint density at radius 2 is 2.09 bits per heavy atom. The second kappa shape index (κ2) is 10.3. The Morgan fingerprint density at radius 3 is 2.82 bits per heavy atom. The van der Waals surface area contributed by atoms with Crippen molar-refractivity contribution >= 4 is 36.9 Å². The van der Waals surface area contributed by atoms with E-state index in [9.17, 15) is 13.2 Å². The minimum Gasteiger partial charge on any atom is -0.359 e. The molecule has 0 fully saturated rings. The van der Waals surface area contributed by atoms with Gasteiger partial charge in [-0.3, -0.25) is 4.55 Å². The van der Waals surface area contributed by atoms with Crippen LogP contribution in [-0.4, -0.2) is 43.2 Å². The van der Waals surface area contributed by atoms with Gasteiger partial charge in [-0.15, -0.1) is 5.10 Å². The minimum atomic E-state index is -2.31. The lowest BCUT2D eigenvalue weighted by molar-refractivity contribution is 0.0801. The van der Waals surface area contributed by atoms with Gasteiger partial charge in [-0.1, -0.05) is 31.8 Å². The van der Waals surface area contributed by atoms with E-state index < -0.39 is 25.3 Å². The Bertz CT molecular complexity index is 1200. The minimum absolute atomic E-state index is 0.00112. The first-order chi connectivity index (χ1) is 16.2. The second-order valence-corrected chi connectivity index (χ2v) is 15.8. The van der Waals surface area contributed by atoms with Gasteiger partial charge in [0.15, 0.2) is 0 Å². The molecule has 2 aromatic heterocycles. The van der Waals surface area contributed by atoms with E-state index in [-0.39, 0.29) is 12.7 Å². The lowest BCUT2D eigenvalue weighted by atomic mass is 9.98. The molecule has 1 aliphatic rings. The Morgan fingerprint density at radius 1 is 1.26 bits per heavy atom. The maximum Gasteiger partial charge on any atom is 0.261 e. The van der Waals surface area contributed by atoms with Crippen LogP contribution in [0.3, 0.4) is 0 Å². The van der Waals surface area contributed by atoms with E-state index in [4.69, 9.17) is 4.74 Å². The van der Waals surface area contributed by atoms with Gasteiger partial charge in [0.2, 0.25) is 11.9 Å². The van der Waals surface area contributed by atoms with Crippen LogP contribution in [-0.2, 0) is 35.6 Å². The lowest BCUT2D eigenvalue weighted by Gasteiger charge is -2.18. The normalized spacial score (nSPS) is 14.1. The first-order valence-electron chi connectivity index (χ1n) is 11.1. The van der Waals surface area contributed by atoms with Crippen molar-refractivity contribution in [2.45, 2.75) is 51.7 Å². The van der Waals surface area contributed by atoms with Crippen LogP contribution in [0.1, 0.15) is 17.5 Å². The lowest BCUT2D eigenvalue weighted by Crippen LogP contribution is -2.22. The number of pyridine rings is 1. The predicted octanol–water partition coefficient (Wildman–Crippen LogP) is 4.57. The van der Waals surface area contributed by atoms with Gasteiger partial charge in [-0.05, 0) is 48.1 Å². The van der Waals surface area contributed by atoms with E-state index in [0.717, 1.165) is 42.1 Å². The summed E-state index contributed by atoms with van der Waals surface area (Å²) in [5.74, 6) is -0.196. The van der Waals surface area contributed by atoms with E-state index in [1.54, 1.807) is 6.07 Å². The van der Waals surface area contributed by atoms with Crippen molar-refractivity contribution in [3.05, 3.63) is 47.5 Å². The molecule has 0 aliphatic heterocycles. The fraction of sp³-hybridized carbons (Fsp3) is 0.409. The molecule has 1 aliphatic carbocycles. The Kier molecular flexibility index (Phi) is 7.41. The summed E-state index contributed by atoms with van der Waals surface area (Å²) in [5, 5.41) is 7.65. The Labute approximate surface area is 201 Å². The highest BCUT2D eigenvalue weighted by atomic mass is 32.2. The van der Waals surface area contributed by atoms with E-state index in [1.807, 2.05) is 6.07 Å². The van der Waals surface area contributed by atoms with E-state index in [2.05, 4.69) is 50.8 Å². The summed E-state index contributed by atoms with van der Waals surface area (Å²) < 4.78 is 44.1. The number of rotatable bonds is 10. The number of aromatic nitrogens is 4. The van der Waals surface area contributed by atoms with Crippen LogP contribution in [0, 0.1) is 5.95 Å². The van der Waals surface area contributed by atoms with Gasteiger partial charge in [0.05, 0.1) is 5.69 Å². The Hall–Kier alpha value is -2.67. The number of benzene rings is 1. The molecular weight excluding hydrogens is 475 g/mol. The maximum absolute atomic E-state index is 13.9. The van der Waals surface area contributed by atoms with Crippen molar-refractivity contribution in [2.24, 2.45) is 0 Å². The summed E-state index contributed by atoms with van der Waals surface area (Å²) in [6, 6.07) is 8.20. The number of ether oxygens (including phenoxy) is 1. The number of halogens is 1. The molecule has 1 unspecified atom stereocenters. The SMILES string of the molecule is C[Si](C)(C)CCOCn1nc(NS(=O)O)nc1Nc1c(-c2ccnc(F)c2)ccc2c1CCC2. The van der Waals surface area contributed by atoms with Crippen LogP contribution in [0.5, 0.6) is 0 Å². The summed E-state index contributed by atoms with van der Waals surface area (Å²) in [6.07, 6.45) is 4.32. The van der Waals surface area contributed by atoms with Gasteiger partial charge in [0.25, 0.3) is 17.2 Å². The number of aryl methyl sites for hydroxylation is 1. The molecule has 1 aromatic carbocycles. The third kappa shape index (κ3) is 6.06. The zero-order valence-corrected chi connectivity index (χ0v) is 21.3. The van der Waals surface area contributed by atoms with Gasteiger partial charge in [0.1, 0.15) is 6.73 Å². The second-order valence-electron chi connectivity index (χ2n) is 9.43. The molecular formula is C22H29FN6O3SSi. The number of hydrogen-bond acceptors (Lipinski definition) is 6. The maximum atomic E-state index is 13.9. The first-order valence-corrected chi connectivity index (χ1v) is 15.9. The van der Waals surface area contributed by atoms with Crippen LogP contribution in [0.25, 0.3) is 11.1 Å². The van der Waals surface area contributed by atoms with Gasteiger partial charge >= 0.3 is 0 Å². The van der Waals surface area contributed by atoms with E-state index in [0.29, 0.717) is 18.1 Å². The van der Waals surface area contributed by atoms with Crippen LogP contribution < -0.4 is 10.0 Å². The molecule has 0 bridgehead atoms. The molecule has 2 heterocycles. The van der Waals surface area contributed by atoms with Gasteiger partial charge < -0.3 is 10.1 Å². The summed E-state index contributed by atoms with van der Waals surface area (Å²) in [4.78, 5) is 8.04. The molecule has 12 heteroatoms. The standard InChI is InChI=1S/C22H29FN6O3SSi/c1-34(2,3)12-11-32-14-29-22(26-21(27-29)28-33(30)31)25-20-17-6-4-5-15(17)7-8-18(20)16-9-10-24-19(23)13-16/h7-10,13H,4-6,11-12,14H2,1-3H3,(H,30,31)(H2,25,26,27,28). The molecule has 3 aromatic rings. The molecule has 1 atom stereocenters. The third-order valence-electron chi connectivity index (χ3n) is 5.62. The average molecular weight is 505 g/mol. The summed E-state index contributed by atoms with van der Waals surface area (Å²) in [6.45, 7) is 7.55. The number of nitrogens with zero attached hydrogens (tertiary/aromatic N) is 4. The van der Waals surface area contributed by atoms with Gasteiger partial charge in [-0.2, -0.15) is 9.37 Å². The molecule has 0 spiro atoms. The van der Waals surface area contributed by atoms with Gasteiger partial charge in [-0.25, -0.2) is 18.6 Å². The van der Waals surface area contributed by atoms with Crippen molar-refractivity contribution in [1.29, 1.82) is 0 Å². The smallest absolute Gasteiger partial charge is 0.261 e. The number of hydrogen-bond donors (Lipinski definition) is 3. The molecule has 34 heavy (non-hydrogen) atoms. The summed E-state index contributed by atoms with van der Waals surface area (Å²) in [5.41, 5.74) is 4.69. The van der Waals surface area contributed by atoms with Crippen molar-refractivity contribution < 1.29 is 17.9 Å². The molecule has 0 saturated carbocycles. The monoisotopic (exact) mass is 504 g/mol. The fourth-order valence-corrected chi connectivity index (χ4v) is 4.91. The van der Waals surface area contributed by atoms with Crippen molar-refractivity contribution in [1.82, 2.24) is 19.7 Å². The third-order valence-corrected chi connectivity index (χ3v) is 7.68. The van der Waals surface area contributed by atoms with Crippen molar-refractivity contribution in [3.8, 4) is 11.1 Å². The quantitative estimate of drug-likeness (QED) is 0.160. The summed E-state index contributed by atoms with van der Waals surface area (Å²) in [7, 11) is -1.26. The predicted molar refractivity (Wildman–Crippen MR) is 133 cm³/mol. The molecule has 4 rings (SSSR count). The molecule has 0 radical (unpaired) electrons. The molecule has 0 amide bonds. The van der Waals surface area contributed by atoms with E-state index in [1.165, 1.54) is 22.5 Å². The zero-order chi connectivity index (χ0) is 24.3. The average Bonchev–Trinajstić information content (AvgIpc) is 3.37. The Balaban J connectivity index is 1.68. The highest BCUT2D eigenvalue weighted by molar-refractivity contribution is 7.80. The van der Waals surface area contributed by atoms with E-state index >= 15 is 0 Å². The molecule has 182 valence electrons. The molecule has 9 nitrogen and oxygen atoms in total. The van der Waals surface area contributed by atoms with Crippen LogP contribution in [0.15, 0.2) is 30.5 Å². The molecule has 0 saturated heterocycles. The highest BCUT2D eigenvalue weighted by Gasteiger charge is 2.22. The number of fused-ring (bicyclic) bond motifs is 1. The van der Waals surface area contributed by atoms with Crippen molar-refractivity contribution in [3.63, 3.8) is 0 Å². The largest absolute Gasteiger partial charge is 0.359 e. The van der Waals surface area contributed by atoms with Crippen LogP contribution in [0.4, 0.5) is 22.0 Å². The van der Waals surface area contributed by atoms with Crippen LogP contribution >= 0.6 is 0 Å².